The summed E-state index contributed by atoms with van der Waals surface area (Å²) in [5.41, 5.74) is -0.410. The van der Waals surface area contributed by atoms with Crippen molar-refractivity contribution in [1.29, 1.82) is 0 Å². The minimum absolute atomic E-state index is 0.143. The van der Waals surface area contributed by atoms with Crippen LogP contribution in [0.1, 0.15) is 50.7 Å². The summed E-state index contributed by atoms with van der Waals surface area (Å²) in [6, 6.07) is 3.63. The Kier molecular flexibility index (Phi) is 7.66. The lowest BCUT2D eigenvalue weighted by atomic mass is 10.2. The largest absolute Gasteiger partial charge is 0.417 e. The van der Waals surface area contributed by atoms with Gasteiger partial charge in [0.1, 0.15) is 0 Å². The van der Waals surface area contributed by atoms with Crippen molar-refractivity contribution in [1.82, 2.24) is 9.55 Å². The minimum atomic E-state index is -4.63. The Morgan fingerprint density at radius 3 is 2.67 bits per heavy atom. The number of carbonyl (C=O) groups is 1. The highest BCUT2D eigenvalue weighted by Gasteiger charge is 2.32. The number of aromatic nitrogens is 2. The molecule has 0 unspecified atom stereocenters. The first kappa shape index (κ1) is 24.6. The van der Waals surface area contributed by atoms with Gasteiger partial charge in [-0.3, -0.25) is 14.6 Å². The molecular weight excluding hydrogens is 481 g/mol. The van der Waals surface area contributed by atoms with Crippen molar-refractivity contribution >= 4 is 39.1 Å². The lowest BCUT2D eigenvalue weighted by molar-refractivity contribution is -0.213. The predicted octanol–water partition coefficient (Wildman–Crippen LogP) is 5.91. The number of alkyl halides is 3. The molecule has 0 aliphatic rings. The molecule has 3 rings (SSSR count). The zero-order valence-corrected chi connectivity index (χ0v) is 19.2. The molecule has 0 aliphatic heterocycles. The Labute approximate surface area is 195 Å². The van der Waals surface area contributed by atoms with Crippen molar-refractivity contribution < 1.29 is 27.7 Å². The summed E-state index contributed by atoms with van der Waals surface area (Å²) in [6.45, 7) is 3.59. The normalized spacial score (nSPS) is 11.2. The van der Waals surface area contributed by atoms with Gasteiger partial charge in [0.05, 0.1) is 32.8 Å². The van der Waals surface area contributed by atoms with E-state index in [0.29, 0.717) is 34.5 Å². The van der Waals surface area contributed by atoms with Gasteiger partial charge in [-0.15, -0.1) is 5.92 Å². The number of carbonyl (C=O) groups excluding carboxylic acids is 1. The third-order valence-electron chi connectivity index (χ3n) is 4.49. The monoisotopic (exact) mass is 498 g/mol. The molecule has 0 radical (unpaired) electrons. The van der Waals surface area contributed by atoms with Gasteiger partial charge in [-0.25, -0.2) is 14.3 Å². The molecule has 6 nitrogen and oxygen atoms in total. The quantitative estimate of drug-likeness (QED) is 0.175. The Bertz CT molecular complexity index is 1310. The van der Waals surface area contributed by atoms with E-state index in [1.165, 1.54) is 12.1 Å². The van der Waals surface area contributed by atoms with Crippen LogP contribution in [0, 0.1) is 11.8 Å². The summed E-state index contributed by atoms with van der Waals surface area (Å²) in [5, 5.41) is -0.344. The van der Waals surface area contributed by atoms with Gasteiger partial charge >= 0.3 is 17.0 Å². The first-order chi connectivity index (χ1) is 15.7. The van der Waals surface area contributed by atoms with E-state index in [1.54, 1.807) is 6.92 Å². The van der Waals surface area contributed by atoms with Gasteiger partial charge in [-0.2, -0.15) is 13.2 Å². The highest BCUT2D eigenvalue weighted by Crippen LogP contribution is 2.34. The number of pyridine rings is 1. The molecule has 0 fully saturated rings. The van der Waals surface area contributed by atoms with Crippen LogP contribution in [0.5, 0.6) is 5.75 Å². The molecule has 0 saturated heterocycles. The zero-order valence-electron chi connectivity index (χ0n) is 17.6. The average molecular weight is 499 g/mol. The highest BCUT2D eigenvalue weighted by atomic mass is 35.5. The molecule has 2 aromatic heterocycles. The molecule has 174 valence electrons. The van der Waals surface area contributed by atoms with Crippen LogP contribution < -0.4 is 9.76 Å². The third-order valence-corrected chi connectivity index (χ3v) is 5.65. The highest BCUT2D eigenvalue weighted by molar-refractivity contribution is 7.16. The van der Waals surface area contributed by atoms with E-state index in [2.05, 4.69) is 16.8 Å². The van der Waals surface area contributed by atoms with Gasteiger partial charge in [0, 0.05) is 18.3 Å². The average Bonchev–Trinajstić information content (AvgIpc) is 3.07. The van der Waals surface area contributed by atoms with Crippen LogP contribution >= 0.6 is 22.9 Å². The van der Waals surface area contributed by atoms with Gasteiger partial charge in [-0.1, -0.05) is 48.6 Å². The van der Waals surface area contributed by atoms with E-state index in [4.69, 9.17) is 21.4 Å². The fraction of sp³-hybridized carbons (Fsp3) is 0.318. The van der Waals surface area contributed by atoms with E-state index in [9.17, 15) is 22.8 Å². The SMILES string of the molecule is CC#Cc1cc(OOC(=O)CCCCC)cc2sc(=O)n(-c3ncc(C(F)(F)F)cc3Cl)c12. The van der Waals surface area contributed by atoms with Crippen molar-refractivity contribution in [2.75, 3.05) is 0 Å². The van der Waals surface area contributed by atoms with Crippen molar-refractivity contribution in [3.63, 3.8) is 0 Å². The number of halogens is 4. The van der Waals surface area contributed by atoms with Crippen molar-refractivity contribution in [3.8, 4) is 23.4 Å². The van der Waals surface area contributed by atoms with Crippen LogP contribution in [-0.4, -0.2) is 15.5 Å². The summed E-state index contributed by atoms with van der Waals surface area (Å²) in [5.74, 6) is 4.99. The Morgan fingerprint density at radius 2 is 2.03 bits per heavy atom. The molecule has 0 amide bonds. The summed E-state index contributed by atoms with van der Waals surface area (Å²) in [7, 11) is 0. The van der Waals surface area contributed by atoms with Crippen LogP contribution in [0.25, 0.3) is 16.0 Å². The van der Waals surface area contributed by atoms with Gasteiger partial charge in [0.2, 0.25) is 0 Å². The minimum Gasteiger partial charge on any atom is -0.287 e. The van der Waals surface area contributed by atoms with Gasteiger partial charge < -0.3 is 0 Å². The van der Waals surface area contributed by atoms with Gasteiger partial charge in [0.15, 0.2) is 11.6 Å². The maximum Gasteiger partial charge on any atom is 0.417 e. The summed E-state index contributed by atoms with van der Waals surface area (Å²) in [4.78, 5) is 37.8. The molecular formula is C22H18ClF3N2O4S. The lowest BCUT2D eigenvalue weighted by Gasteiger charge is -2.11. The molecule has 0 saturated carbocycles. The Balaban J connectivity index is 2.02. The van der Waals surface area contributed by atoms with Crippen LogP contribution in [0.4, 0.5) is 13.2 Å². The topological polar surface area (TPSA) is 70.4 Å². The molecule has 3 aromatic rings. The van der Waals surface area contributed by atoms with Crippen LogP contribution in [-0.2, 0) is 15.9 Å². The second kappa shape index (κ2) is 10.3. The maximum atomic E-state index is 13.0. The number of hydrogen-bond acceptors (Lipinski definition) is 6. The maximum absolute atomic E-state index is 13.0. The summed E-state index contributed by atoms with van der Waals surface area (Å²) >= 11 is 6.86. The molecule has 0 N–H and O–H groups in total. The van der Waals surface area contributed by atoms with Crippen LogP contribution in [0.2, 0.25) is 5.02 Å². The summed E-state index contributed by atoms with van der Waals surface area (Å²) < 4.78 is 40.4. The molecule has 2 heterocycles. The molecule has 0 aliphatic carbocycles. The first-order valence-electron chi connectivity index (χ1n) is 9.88. The van der Waals surface area contributed by atoms with Crippen molar-refractivity contribution in [2.24, 2.45) is 0 Å². The number of thiazole rings is 1. The number of hydrogen-bond donors (Lipinski definition) is 0. The van der Waals surface area contributed by atoms with E-state index < -0.39 is 22.6 Å². The number of rotatable bonds is 7. The van der Waals surface area contributed by atoms with Crippen molar-refractivity contribution in [2.45, 2.75) is 45.7 Å². The standard InChI is InChI=1S/C22H18ClF3N2O4S/c1-3-5-6-8-18(29)32-31-15-9-13(7-4-2)19-17(11-15)33-21(30)28(19)20-16(23)10-14(12-27-20)22(24,25)26/h9-12H,3,5-6,8H2,1-2H3. The fourth-order valence-corrected chi connectivity index (χ4v) is 4.18. The molecule has 11 heteroatoms. The van der Waals surface area contributed by atoms with E-state index >= 15 is 0 Å². The Morgan fingerprint density at radius 1 is 1.27 bits per heavy atom. The molecule has 1 aromatic carbocycles. The predicted molar refractivity (Wildman–Crippen MR) is 119 cm³/mol. The third kappa shape index (κ3) is 5.67. The number of benzene rings is 1. The Hall–Kier alpha value is -3.03. The zero-order chi connectivity index (χ0) is 24.2. The van der Waals surface area contributed by atoms with Gasteiger partial charge in [0.25, 0.3) is 0 Å². The number of nitrogens with zero attached hydrogens (tertiary/aromatic N) is 2. The first-order valence-corrected chi connectivity index (χ1v) is 11.1. The number of fused-ring (bicyclic) bond motifs is 1. The second-order valence-corrected chi connectivity index (χ2v) is 8.32. The molecule has 33 heavy (non-hydrogen) atoms. The molecule has 0 atom stereocenters. The lowest BCUT2D eigenvalue weighted by Crippen LogP contribution is -2.14. The fourth-order valence-electron chi connectivity index (χ4n) is 3.00. The van der Waals surface area contributed by atoms with Crippen LogP contribution in [0.3, 0.4) is 0 Å². The van der Waals surface area contributed by atoms with Gasteiger partial charge in [-0.05, 0) is 19.4 Å². The molecule has 0 bridgehead atoms. The van der Waals surface area contributed by atoms with E-state index in [1.807, 2.05) is 6.92 Å². The van der Waals surface area contributed by atoms with E-state index in [-0.39, 0.29) is 23.0 Å². The smallest absolute Gasteiger partial charge is 0.287 e. The van der Waals surface area contributed by atoms with E-state index in [0.717, 1.165) is 28.7 Å². The second-order valence-electron chi connectivity index (χ2n) is 6.92. The summed E-state index contributed by atoms with van der Waals surface area (Å²) in [6.07, 6.45) is -1.29. The molecule has 0 spiro atoms. The number of unbranched alkanes of at least 4 members (excludes halogenated alkanes) is 2. The van der Waals surface area contributed by atoms with Crippen LogP contribution in [0.15, 0.2) is 29.2 Å². The van der Waals surface area contributed by atoms with Crippen molar-refractivity contribution in [3.05, 3.63) is 50.2 Å².